The van der Waals surface area contributed by atoms with Crippen LogP contribution in [0.3, 0.4) is 0 Å². The second-order valence-electron chi connectivity index (χ2n) is 1.71. The van der Waals surface area contributed by atoms with Gasteiger partial charge >= 0.3 is 0 Å². The third-order valence-electron chi connectivity index (χ3n) is 0.972. The third-order valence-corrected chi connectivity index (χ3v) is 0.972. The highest BCUT2D eigenvalue weighted by Gasteiger charge is 2.29. The lowest BCUT2D eigenvalue weighted by molar-refractivity contribution is 0.384. The summed E-state index contributed by atoms with van der Waals surface area (Å²) < 4.78 is 4.81. The predicted molar refractivity (Wildman–Crippen MR) is 25.9 cm³/mol. The van der Waals surface area contributed by atoms with Gasteiger partial charge < -0.3 is 9.84 Å². The van der Waals surface area contributed by atoms with Gasteiger partial charge in [0.2, 0.25) is 0 Å². The van der Waals surface area contributed by atoms with Crippen LogP contribution in [0.15, 0.2) is 11.5 Å². The maximum atomic E-state index is 8.62. The van der Waals surface area contributed by atoms with Crippen LogP contribution >= 0.6 is 0 Å². The molecule has 1 unspecified atom stereocenters. The SMILES string of the molecule is C/C(O)=C1/OC1C. The minimum atomic E-state index is 0.171. The molecule has 0 spiro atoms. The van der Waals surface area contributed by atoms with Crippen molar-refractivity contribution in [3.8, 4) is 0 Å². The van der Waals surface area contributed by atoms with Gasteiger partial charge in [-0.2, -0.15) is 0 Å². The van der Waals surface area contributed by atoms with Crippen molar-refractivity contribution in [1.29, 1.82) is 0 Å². The van der Waals surface area contributed by atoms with Crippen LogP contribution in [0.2, 0.25) is 0 Å². The smallest absolute Gasteiger partial charge is 0.174 e. The fourth-order valence-electron chi connectivity index (χ4n) is 0.536. The molecule has 0 radical (unpaired) electrons. The molecule has 0 saturated carbocycles. The minimum absolute atomic E-state index is 0.171. The van der Waals surface area contributed by atoms with Gasteiger partial charge in [-0.15, -0.1) is 0 Å². The number of hydrogen-bond acceptors (Lipinski definition) is 2. The molecule has 0 aromatic heterocycles. The van der Waals surface area contributed by atoms with E-state index in [1.54, 1.807) is 6.92 Å². The Labute approximate surface area is 42.4 Å². The van der Waals surface area contributed by atoms with Crippen molar-refractivity contribution in [1.82, 2.24) is 0 Å². The summed E-state index contributed by atoms with van der Waals surface area (Å²) in [7, 11) is 0. The van der Waals surface area contributed by atoms with Crippen molar-refractivity contribution in [3.05, 3.63) is 11.5 Å². The molecule has 1 atom stereocenters. The summed E-state index contributed by atoms with van der Waals surface area (Å²) in [6, 6.07) is 0. The average Bonchev–Trinajstić information content (AvgIpc) is 2.17. The molecular weight excluding hydrogens is 92.1 g/mol. The van der Waals surface area contributed by atoms with Crippen LogP contribution in [-0.4, -0.2) is 11.2 Å². The molecule has 2 nitrogen and oxygen atoms in total. The Morgan fingerprint density at radius 3 is 2.29 bits per heavy atom. The first kappa shape index (κ1) is 4.50. The lowest BCUT2D eigenvalue weighted by Crippen LogP contribution is -1.70. The van der Waals surface area contributed by atoms with E-state index in [0.717, 1.165) is 5.76 Å². The molecular formula is C5H8O2. The van der Waals surface area contributed by atoms with E-state index in [1.165, 1.54) is 0 Å². The van der Waals surface area contributed by atoms with Crippen LogP contribution in [0, 0.1) is 0 Å². The van der Waals surface area contributed by atoms with Crippen LogP contribution in [0.1, 0.15) is 13.8 Å². The first-order valence-corrected chi connectivity index (χ1v) is 2.28. The zero-order valence-corrected chi connectivity index (χ0v) is 4.43. The van der Waals surface area contributed by atoms with Gasteiger partial charge in [0.25, 0.3) is 0 Å². The Balaban J connectivity index is 2.60. The first-order valence-electron chi connectivity index (χ1n) is 2.28. The molecule has 1 fully saturated rings. The Bertz CT molecular complexity index is 111. The minimum Gasteiger partial charge on any atom is -0.509 e. The highest BCUT2D eigenvalue weighted by molar-refractivity contribution is 5.13. The van der Waals surface area contributed by atoms with E-state index in [1.807, 2.05) is 6.92 Å². The van der Waals surface area contributed by atoms with Crippen LogP contribution in [0.4, 0.5) is 0 Å². The van der Waals surface area contributed by atoms with Gasteiger partial charge in [0, 0.05) is 0 Å². The van der Waals surface area contributed by atoms with Gasteiger partial charge in [0.05, 0.1) is 0 Å². The summed E-state index contributed by atoms with van der Waals surface area (Å²) in [4.78, 5) is 0. The summed E-state index contributed by atoms with van der Waals surface area (Å²) in [6.07, 6.45) is 0.171. The Hall–Kier alpha value is -0.660. The molecule has 1 N–H and O–H groups in total. The Kier molecular flexibility index (Phi) is 0.741. The molecule has 0 aromatic carbocycles. The Morgan fingerprint density at radius 1 is 1.86 bits per heavy atom. The zero-order chi connectivity index (χ0) is 5.44. The monoisotopic (exact) mass is 100 g/mol. The summed E-state index contributed by atoms with van der Waals surface area (Å²) in [5, 5.41) is 8.62. The number of hydrogen-bond donors (Lipinski definition) is 1. The molecule has 1 rings (SSSR count). The van der Waals surface area contributed by atoms with Crippen molar-refractivity contribution in [3.63, 3.8) is 0 Å². The van der Waals surface area contributed by atoms with E-state index in [9.17, 15) is 0 Å². The van der Waals surface area contributed by atoms with Gasteiger partial charge in [-0.05, 0) is 13.8 Å². The van der Waals surface area contributed by atoms with Crippen molar-refractivity contribution < 1.29 is 9.84 Å². The highest BCUT2D eigenvalue weighted by atomic mass is 16.6. The molecule has 1 saturated heterocycles. The summed E-state index contributed by atoms with van der Waals surface area (Å²) in [5.41, 5.74) is 0. The second-order valence-corrected chi connectivity index (χ2v) is 1.71. The van der Waals surface area contributed by atoms with Gasteiger partial charge in [-0.25, -0.2) is 0 Å². The van der Waals surface area contributed by atoms with Crippen LogP contribution < -0.4 is 0 Å². The molecule has 0 aliphatic carbocycles. The molecule has 40 valence electrons. The predicted octanol–water partition coefficient (Wildman–Crippen LogP) is 1.19. The fourth-order valence-corrected chi connectivity index (χ4v) is 0.536. The molecule has 0 aromatic rings. The van der Waals surface area contributed by atoms with E-state index in [0.29, 0.717) is 5.76 Å². The van der Waals surface area contributed by atoms with Crippen LogP contribution in [0.5, 0.6) is 0 Å². The molecule has 0 bridgehead atoms. The van der Waals surface area contributed by atoms with E-state index >= 15 is 0 Å². The molecule has 7 heavy (non-hydrogen) atoms. The normalized spacial score (nSPS) is 34.3. The molecule has 1 aliphatic rings. The lowest BCUT2D eigenvalue weighted by Gasteiger charge is -1.74. The number of rotatable bonds is 0. The third kappa shape index (κ3) is 0.683. The number of aliphatic hydroxyl groups is 1. The molecule has 1 aliphatic heterocycles. The van der Waals surface area contributed by atoms with Crippen molar-refractivity contribution in [2.75, 3.05) is 0 Å². The maximum absolute atomic E-state index is 8.62. The largest absolute Gasteiger partial charge is 0.509 e. The van der Waals surface area contributed by atoms with Gasteiger partial charge in [0.15, 0.2) is 11.9 Å². The van der Waals surface area contributed by atoms with Crippen LogP contribution in [0.25, 0.3) is 0 Å². The molecule has 1 heterocycles. The van der Waals surface area contributed by atoms with E-state index < -0.39 is 0 Å². The topological polar surface area (TPSA) is 32.8 Å². The van der Waals surface area contributed by atoms with Crippen molar-refractivity contribution in [2.45, 2.75) is 20.0 Å². The van der Waals surface area contributed by atoms with Crippen LogP contribution in [-0.2, 0) is 4.74 Å². The zero-order valence-electron chi connectivity index (χ0n) is 4.43. The number of aliphatic hydroxyl groups excluding tert-OH is 1. The quantitative estimate of drug-likeness (QED) is 0.366. The average molecular weight is 100 g/mol. The molecule has 0 amide bonds. The fraction of sp³-hybridized carbons (Fsp3) is 0.600. The highest BCUT2D eigenvalue weighted by Crippen LogP contribution is 2.27. The van der Waals surface area contributed by atoms with E-state index in [2.05, 4.69) is 0 Å². The molecule has 2 heteroatoms. The maximum Gasteiger partial charge on any atom is 0.174 e. The number of epoxide rings is 1. The second kappa shape index (κ2) is 1.15. The van der Waals surface area contributed by atoms with Gasteiger partial charge in [-0.3, -0.25) is 0 Å². The lowest BCUT2D eigenvalue weighted by atomic mass is 10.4. The van der Waals surface area contributed by atoms with Gasteiger partial charge in [-0.1, -0.05) is 0 Å². The van der Waals surface area contributed by atoms with Gasteiger partial charge in [0.1, 0.15) is 5.76 Å². The van der Waals surface area contributed by atoms with E-state index in [4.69, 9.17) is 9.84 Å². The number of allylic oxidation sites excluding steroid dienone is 1. The standard InChI is InChI=1S/C5H8O2/c1-3(6)5-4(2)7-5/h4,6H,1-2H3/b5-3-. The summed E-state index contributed by atoms with van der Waals surface area (Å²) in [6.45, 7) is 3.52. The van der Waals surface area contributed by atoms with Crippen molar-refractivity contribution in [2.24, 2.45) is 0 Å². The Morgan fingerprint density at radius 2 is 2.29 bits per heavy atom. The number of ether oxygens (including phenoxy) is 1. The summed E-state index contributed by atoms with van der Waals surface area (Å²) in [5.74, 6) is 1.05. The van der Waals surface area contributed by atoms with E-state index in [-0.39, 0.29) is 6.10 Å². The summed E-state index contributed by atoms with van der Waals surface area (Å²) >= 11 is 0. The first-order chi connectivity index (χ1) is 3.22. The van der Waals surface area contributed by atoms with Crippen molar-refractivity contribution >= 4 is 0 Å².